The second-order valence-electron chi connectivity index (χ2n) is 3.97. The molecule has 0 atom stereocenters. The Morgan fingerprint density at radius 1 is 1.11 bits per heavy atom. The van der Waals surface area contributed by atoms with Crippen LogP contribution < -0.4 is 10.6 Å². The molecular formula is C14H16ClN3. The van der Waals surface area contributed by atoms with Crippen molar-refractivity contribution >= 4 is 28.9 Å². The number of rotatable bonds is 5. The van der Waals surface area contributed by atoms with E-state index in [0.29, 0.717) is 5.02 Å². The highest BCUT2D eigenvalue weighted by Crippen LogP contribution is 2.19. The number of hydrogen-bond donors (Lipinski definition) is 2. The smallest absolute Gasteiger partial charge is 0.132 e. The average Bonchev–Trinajstić information content (AvgIpc) is 2.37. The Balaban J connectivity index is 2.09. The molecule has 4 heteroatoms. The molecule has 1 heterocycles. The van der Waals surface area contributed by atoms with Gasteiger partial charge in [0.25, 0.3) is 0 Å². The van der Waals surface area contributed by atoms with Crippen LogP contribution >= 0.6 is 11.6 Å². The van der Waals surface area contributed by atoms with Crippen molar-refractivity contribution in [3.63, 3.8) is 0 Å². The van der Waals surface area contributed by atoms with Crippen molar-refractivity contribution in [1.29, 1.82) is 0 Å². The molecule has 0 amide bonds. The Morgan fingerprint density at radius 3 is 2.67 bits per heavy atom. The minimum atomic E-state index is 0.709. The zero-order valence-corrected chi connectivity index (χ0v) is 11.0. The molecule has 94 valence electrons. The predicted molar refractivity (Wildman–Crippen MR) is 77.8 cm³/mol. The van der Waals surface area contributed by atoms with Crippen LogP contribution in [0.4, 0.5) is 17.3 Å². The SMILES string of the molecule is CCCNc1cccc(Nc2cccc(Cl)c2)n1. The lowest BCUT2D eigenvalue weighted by atomic mass is 10.3. The van der Waals surface area contributed by atoms with E-state index in [4.69, 9.17) is 11.6 Å². The van der Waals surface area contributed by atoms with Gasteiger partial charge in [0.1, 0.15) is 11.6 Å². The van der Waals surface area contributed by atoms with Crippen molar-refractivity contribution in [1.82, 2.24) is 4.98 Å². The summed E-state index contributed by atoms with van der Waals surface area (Å²) in [5.74, 6) is 1.68. The van der Waals surface area contributed by atoms with Gasteiger partial charge in [0.15, 0.2) is 0 Å². The molecule has 2 N–H and O–H groups in total. The first kappa shape index (κ1) is 12.7. The van der Waals surface area contributed by atoms with E-state index >= 15 is 0 Å². The fourth-order valence-corrected chi connectivity index (χ4v) is 1.76. The molecule has 0 bridgehead atoms. The van der Waals surface area contributed by atoms with Crippen LogP contribution in [0, 0.1) is 0 Å². The average molecular weight is 262 g/mol. The van der Waals surface area contributed by atoms with Crippen molar-refractivity contribution in [3.05, 3.63) is 47.5 Å². The molecule has 0 fully saturated rings. The standard InChI is InChI=1S/C14H16ClN3/c1-2-9-16-13-7-4-8-14(18-13)17-12-6-3-5-11(15)10-12/h3-8,10H,2,9H2,1H3,(H2,16,17,18). The van der Waals surface area contributed by atoms with Gasteiger partial charge in [-0.1, -0.05) is 30.7 Å². The van der Waals surface area contributed by atoms with Crippen LogP contribution in [0.3, 0.4) is 0 Å². The number of nitrogens with zero attached hydrogens (tertiary/aromatic N) is 1. The quantitative estimate of drug-likeness (QED) is 0.843. The Bertz CT molecular complexity index is 514. The third-order valence-corrected chi connectivity index (χ3v) is 2.64. The molecular weight excluding hydrogens is 246 g/mol. The number of pyridine rings is 1. The van der Waals surface area contributed by atoms with E-state index in [2.05, 4.69) is 22.5 Å². The van der Waals surface area contributed by atoms with Gasteiger partial charge in [-0.05, 0) is 36.8 Å². The summed E-state index contributed by atoms with van der Waals surface area (Å²) in [5, 5.41) is 7.19. The lowest BCUT2D eigenvalue weighted by Crippen LogP contribution is -2.03. The number of benzene rings is 1. The lowest BCUT2D eigenvalue weighted by Gasteiger charge is -2.08. The van der Waals surface area contributed by atoms with Crippen molar-refractivity contribution in [2.45, 2.75) is 13.3 Å². The number of nitrogens with one attached hydrogen (secondary N) is 2. The first-order valence-corrected chi connectivity index (χ1v) is 6.39. The molecule has 1 aromatic carbocycles. The summed E-state index contributed by atoms with van der Waals surface area (Å²) in [6.07, 6.45) is 1.08. The summed E-state index contributed by atoms with van der Waals surface area (Å²) in [7, 11) is 0. The topological polar surface area (TPSA) is 37.0 Å². The maximum absolute atomic E-state index is 5.94. The molecule has 0 unspecified atom stereocenters. The minimum absolute atomic E-state index is 0.709. The van der Waals surface area contributed by atoms with E-state index in [1.165, 1.54) is 0 Å². The molecule has 0 spiro atoms. The largest absolute Gasteiger partial charge is 0.370 e. The third-order valence-electron chi connectivity index (χ3n) is 2.40. The van der Waals surface area contributed by atoms with Crippen molar-refractivity contribution in [3.8, 4) is 0 Å². The molecule has 0 aliphatic carbocycles. The highest BCUT2D eigenvalue weighted by atomic mass is 35.5. The minimum Gasteiger partial charge on any atom is -0.370 e. The molecule has 3 nitrogen and oxygen atoms in total. The lowest BCUT2D eigenvalue weighted by molar-refractivity contribution is 0.970. The molecule has 18 heavy (non-hydrogen) atoms. The summed E-state index contributed by atoms with van der Waals surface area (Å²) in [5.41, 5.74) is 0.933. The summed E-state index contributed by atoms with van der Waals surface area (Å²) in [6, 6.07) is 13.4. The number of aromatic nitrogens is 1. The van der Waals surface area contributed by atoms with Gasteiger partial charge in [0, 0.05) is 17.3 Å². The summed E-state index contributed by atoms with van der Waals surface area (Å²) >= 11 is 5.94. The molecule has 2 aromatic rings. The van der Waals surface area contributed by atoms with E-state index in [0.717, 1.165) is 30.3 Å². The maximum Gasteiger partial charge on any atom is 0.132 e. The molecule has 0 saturated heterocycles. The second-order valence-corrected chi connectivity index (χ2v) is 4.41. The van der Waals surface area contributed by atoms with Gasteiger partial charge in [-0.2, -0.15) is 0 Å². The highest BCUT2D eigenvalue weighted by Gasteiger charge is 1.98. The monoisotopic (exact) mass is 261 g/mol. The van der Waals surface area contributed by atoms with E-state index in [-0.39, 0.29) is 0 Å². The van der Waals surface area contributed by atoms with E-state index < -0.39 is 0 Å². The van der Waals surface area contributed by atoms with E-state index in [1.54, 1.807) is 0 Å². The van der Waals surface area contributed by atoms with Crippen LogP contribution in [0.5, 0.6) is 0 Å². The van der Waals surface area contributed by atoms with Gasteiger partial charge in [-0.25, -0.2) is 4.98 Å². The Labute approximate surface area is 112 Å². The van der Waals surface area contributed by atoms with Crippen LogP contribution in [-0.2, 0) is 0 Å². The Hall–Kier alpha value is -1.74. The fraction of sp³-hybridized carbons (Fsp3) is 0.214. The molecule has 2 rings (SSSR count). The zero-order chi connectivity index (χ0) is 12.8. The summed E-state index contributed by atoms with van der Waals surface area (Å²) in [6.45, 7) is 3.05. The maximum atomic E-state index is 5.94. The van der Waals surface area contributed by atoms with E-state index in [9.17, 15) is 0 Å². The van der Waals surface area contributed by atoms with Gasteiger partial charge < -0.3 is 10.6 Å². The van der Waals surface area contributed by atoms with Gasteiger partial charge in [-0.3, -0.25) is 0 Å². The number of anilines is 3. The highest BCUT2D eigenvalue weighted by molar-refractivity contribution is 6.30. The molecule has 0 saturated carbocycles. The molecule has 0 aliphatic heterocycles. The fourth-order valence-electron chi connectivity index (χ4n) is 1.57. The second kappa shape index (κ2) is 6.26. The molecule has 0 radical (unpaired) electrons. The van der Waals surface area contributed by atoms with Crippen LogP contribution in [-0.4, -0.2) is 11.5 Å². The first-order valence-electron chi connectivity index (χ1n) is 6.01. The van der Waals surface area contributed by atoms with Crippen LogP contribution in [0.1, 0.15) is 13.3 Å². The van der Waals surface area contributed by atoms with Crippen LogP contribution in [0.25, 0.3) is 0 Å². The molecule has 1 aromatic heterocycles. The normalized spacial score (nSPS) is 10.1. The Kier molecular flexibility index (Phi) is 4.42. The van der Waals surface area contributed by atoms with Crippen LogP contribution in [0.15, 0.2) is 42.5 Å². The Morgan fingerprint density at radius 2 is 1.89 bits per heavy atom. The number of halogens is 1. The zero-order valence-electron chi connectivity index (χ0n) is 10.3. The first-order chi connectivity index (χ1) is 8.78. The summed E-state index contributed by atoms with van der Waals surface area (Å²) in [4.78, 5) is 4.47. The van der Waals surface area contributed by atoms with Gasteiger partial charge in [0.2, 0.25) is 0 Å². The van der Waals surface area contributed by atoms with Gasteiger partial charge >= 0.3 is 0 Å². The summed E-state index contributed by atoms with van der Waals surface area (Å²) < 4.78 is 0. The van der Waals surface area contributed by atoms with Crippen LogP contribution in [0.2, 0.25) is 5.02 Å². The van der Waals surface area contributed by atoms with Gasteiger partial charge in [0.05, 0.1) is 0 Å². The molecule has 0 aliphatic rings. The van der Waals surface area contributed by atoms with Gasteiger partial charge in [-0.15, -0.1) is 0 Å². The third kappa shape index (κ3) is 3.64. The predicted octanol–water partition coefficient (Wildman–Crippen LogP) is 4.30. The van der Waals surface area contributed by atoms with E-state index in [1.807, 2.05) is 42.5 Å². The van der Waals surface area contributed by atoms with Crippen molar-refractivity contribution in [2.75, 3.05) is 17.2 Å². The number of hydrogen-bond acceptors (Lipinski definition) is 3. The van der Waals surface area contributed by atoms with Crippen molar-refractivity contribution in [2.24, 2.45) is 0 Å². The van der Waals surface area contributed by atoms with Crippen molar-refractivity contribution < 1.29 is 0 Å².